The van der Waals surface area contributed by atoms with Gasteiger partial charge in [-0.2, -0.15) is 0 Å². The first-order chi connectivity index (χ1) is 9.88. The van der Waals surface area contributed by atoms with Crippen molar-refractivity contribution >= 4 is 5.91 Å². The average Bonchev–Trinajstić information content (AvgIpc) is 2.46. The maximum atomic E-state index is 12.4. The molecule has 0 unspecified atom stereocenters. The fraction of sp³-hybridized carbons (Fsp3) is 0.625. The fourth-order valence-corrected chi connectivity index (χ4v) is 2.44. The van der Waals surface area contributed by atoms with Crippen molar-refractivity contribution in [1.29, 1.82) is 0 Å². The summed E-state index contributed by atoms with van der Waals surface area (Å²) in [6.45, 7) is 10.2. The highest BCUT2D eigenvalue weighted by atomic mass is 16.2. The molecule has 1 aliphatic rings. The van der Waals surface area contributed by atoms with Gasteiger partial charge in [-0.3, -0.25) is 14.7 Å². The largest absolute Gasteiger partial charge is 0.339 e. The summed E-state index contributed by atoms with van der Waals surface area (Å²) in [5.74, 6) is 0.0727. The normalized spacial score (nSPS) is 18.6. The van der Waals surface area contributed by atoms with Gasteiger partial charge in [0.2, 0.25) is 5.91 Å². The zero-order valence-corrected chi connectivity index (χ0v) is 13.2. The van der Waals surface area contributed by atoms with Gasteiger partial charge in [0.05, 0.1) is 6.04 Å². The van der Waals surface area contributed by atoms with Crippen molar-refractivity contribution in [3.63, 3.8) is 0 Å². The van der Waals surface area contributed by atoms with Crippen LogP contribution in [0.2, 0.25) is 0 Å². The molecule has 1 amide bonds. The number of carbonyl (C=O) groups is 1. The van der Waals surface area contributed by atoms with Crippen LogP contribution in [0.25, 0.3) is 0 Å². The Hall–Kier alpha value is -1.46. The summed E-state index contributed by atoms with van der Waals surface area (Å²) in [5, 5.41) is 0. The zero-order chi connectivity index (χ0) is 15.5. The second-order valence-corrected chi connectivity index (χ2v) is 6.81. The number of rotatable bonds is 3. The minimum absolute atomic E-state index is 0.0727. The van der Waals surface area contributed by atoms with Crippen LogP contribution < -0.4 is 5.73 Å². The van der Waals surface area contributed by atoms with E-state index in [1.165, 1.54) is 5.56 Å². The molecule has 0 aromatic carbocycles. The Balaban J connectivity index is 1.84. The van der Waals surface area contributed by atoms with Crippen LogP contribution >= 0.6 is 0 Å². The molecule has 1 atom stereocenters. The Morgan fingerprint density at radius 1 is 1.33 bits per heavy atom. The highest BCUT2D eigenvalue weighted by Crippen LogP contribution is 2.20. The summed E-state index contributed by atoms with van der Waals surface area (Å²) in [5.41, 5.74) is 7.09. The van der Waals surface area contributed by atoms with Crippen LogP contribution in [0.3, 0.4) is 0 Å². The van der Waals surface area contributed by atoms with Crippen LogP contribution in [-0.4, -0.2) is 52.9 Å². The van der Waals surface area contributed by atoms with Gasteiger partial charge in [0.1, 0.15) is 0 Å². The maximum Gasteiger partial charge on any atom is 0.240 e. The van der Waals surface area contributed by atoms with E-state index in [1.807, 2.05) is 37.9 Å². The Morgan fingerprint density at radius 2 is 2.00 bits per heavy atom. The average molecular weight is 290 g/mol. The molecular formula is C16H26N4O. The first kappa shape index (κ1) is 15.9. The lowest BCUT2D eigenvalue weighted by Crippen LogP contribution is -2.56. The van der Waals surface area contributed by atoms with E-state index in [1.54, 1.807) is 6.20 Å². The quantitative estimate of drug-likeness (QED) is 0.905. The van der Waals surface area contributed by atoms with E-state index in [4.69, 9.17) is 5.73 Å². The molecule has 5 nitrogen and oxygen atoms in total. The number of amides is 1. The predicted molar refractivity (Wildman–Crippen MR) is 83.5 cm³/mol. The number of pyridine rings is 1. The fourth-order valence-electron chi connectivity index (χ4n) is 2.44. The number of hydrogen-bond donors (Lipinski definition) is 1. The summed E-state index contributed by atoms with van der Waals surface area (Å²) >= 11 is 0. The Kier molecular flexibility index (Phi) is 4.96. The van der Waals surface area contributed by atoms with E-state index in [-0.39, 0.29) is 11.3 Å². The summed E-state index contributed by atoms with van der Waals surface area (Å²) in [6.07, 6.45) is 3.68. The number of nitrogens with two attached hydrogens (primary N) is 1. The number of aromatic nitrogens is 1. The van der Waals surface area contributed by atoms with Crippen molar-refractivity contribution < 1.29 is 4.79 Å². The first-order valence-corrected chi connectivity index (χ1v) is 7.53. The van der Waals surface area contributed by atoms with Crippen molar-refractivity contribution in [1.82, 2.24) is 14.8 Å². The van der Waals surface area contributed by atoms with Gasteiger partial charge in [0, 0.05) is 45.1 Å². The van der Waals surface area contributed by atoms with Crippen LogP contribution in [0.1, 0.15) is 26.3 Å². The van der Waals surface area contributed by atoms with Gasteiger partial charge in [-0.05, 0) is 17.0 Å². The molecule has 0 spiro atoms. The van der Waals surface area contributed by atoms with E-state index in [9.17, 15) is 4.79 Å². The highest BCUT2D eigenvalue weighted by Gasteiger charge is 2.32. The molecule has 1 aromatic rings. The van der Waals surface area contributed by atoms with E-state index < -0.39 is 6.04 Å². The molecule has 2 N–H and O–H groups in total. The van der Waals surface area contributed by atoms with E-state index in [2.05, 4.69) is 16.0 Å². The third-order valence-corrected chi connectivity index (χ3v) is 4.01. The summed E-state index contributed by atoms with van der Waals surface area (Å²) in [7, 11) is 0. The lowest BCUT2D eigenvalue weighted by molar-refractivity contribution is -0.136. The molecule has 0 bridgehead atoms. The molecule has 0 aliphatic carbocycles. The van der Waals surface area contributed by atoms with Crippen molar-refractivity contribution in [2.75, 3.05) is 26.2 Å². The van der Waals surface area contributed by atoms with Crippen LogP contribution in [0.4, 0.5) is 0 Å². The maximum absolute atomic E-state index is 12.4. The minimum Gasteiger partial charge on any atom is -0.339 e. The minimum atomic E-state index is -0.428. The second kappa shape index (κ2) is 6.54. The van der Waals surface area contributed by atoms with Crippen LogP contribution in [-0.2, 0) is 11.3 Å². The molecule has 21 heavy (non-hydrogen) atoms. The summed E-state index contributed by atoms with van der Waals surface area (Å²) in [4.78, 5) is 20.8. The molecule has 1 saturated heterocycles. The molecule has 116 valence electrons. The standard InChI is InChI=1S/C16H26N4O/c1-16(2,3)14(17)15(21)20-9-7-19(8-10-20)12-13-5-4-6-18-11-13/h4-6,11,14H,7-10,12,17H2,1-3H3/t14-/m1/s1. The molecule has 2 rings (SSSR count). The zero-order valence-electron chi connectivity index (χ0n) is 13.2. The monoisotopic (exact) mass is 290 g/mol. The van der Waals surface area contributed by atoms with Crippen LogP contribution in [0.5, 0.6) is 0 Å². The highest BCUT2D eigenvalue weighted by molar-refractivity contribution is 5.82. The van der Waals surface area contributed by atoms with E-state index in [0.29, 0.717) is 0 Å². The lowest BCUT2D eigenvalue weighted by atomic mass is 9.86. The molecule has 5 heteroatoms. The molecular weight excluding hydrogens is 264 g/mol. The summed E-state index contributed by atoms with van der Waals surface area (Å²) in [6, 6.07) is 3.61. The topological polar surface area (TPSA) is 62.5 Å². The van der Waals surface area contributed by atoms with Crippen molar-refractivity contribution in [3.05, 3.63) is 30.1 Å². The number of carbonyl (C=O) groups excluding carboxylic acids is 1. The lowest BCUT2D eigenvalue weighted by Gasteiger charge is -2.38. The number of hydrogen-bond acceptors (Lipinski definition) is 4. The molecule has 1 aliphatic heterocycles. The third-order valence-electron chi connectivity index (χ3n) is 4.01. The van der Waals surface area contributed by atoms with Crippen molar-refractivity contribution in [2.24, 2.45) is 11.1 Å². The van der Waals surface area contributed by atoms with Gasteiger partial charge in [-0.25, -0.2) is 0 Å². The van der Waals surface area contributed by atoms with Gasteiger partial charge in [-0.1, -0.05) is 26.8 Å². The second-order valence-electron chi connectivity index (χ2n) is 6.81. The Morgan fingerprint density at radius 3 is 2.52 bits per heavy atom. The molecule has 2 heterocycles. The smallest absolute Gasteiger partial charge is 0.240 e. The predicted octanol–water partition coefficient (Wildman–Crippen LogP) is 1.10. The molecule has 0 saturated carbocycles. The SMILES string of the molecule is CC(C)(C)[C@H](N)C(=O)N1CCN(Cc2cccnc2)CC1. The summed E-state index contributed by atoms with van der Waals surface area (Å²) < 4.78 is 0. The Bertz CT molecular complexity index is 461. The van der Waals surface area contributed by atoms with Gasteiger partial charge in [0.25, 0.3) is 0 Å². The third kappa shape index (κ3) is 4.25. The molecule has 1 aromatic heterocycles. The Labute approximate surface area is 127 Å². The van der Waals surface area contributed by atoms with Crippen LogP contribution in [0, 0.1) is 5.41 Å². The van der Waals surface area contributed by atoms with Gasteiger partial charge < -0.3 is 10.6 Å². The number of piperazine rings is 1. The number of nitrogens with zero attached hydrogens (tertiary/aromatic N) is 3. The van der Waals surface area contributed by atoms with E-state index >= 15 is 0 Å². The van der Waals surface area contributed by atoms with Gasteiger partial charge in [0.15, 0.2) is 0 Å². The molecule has 1 fully saturated rings. The molecule has 0 radical (unpaired) electrons. The van der Waals surface area contributed by atoms with Gasteiger partial charge in [-0.15, -0.1) is 0 Å². The van der Waals surface area contributed by atoms with Gasteiger partial charge >= 0.3 is 0 Å². The van der Waals surface area contributed by atoms with Crippen molar-refractivity contribution in [3.8, 4) is 0 Å². The first-order valence-electron chi connectivity index (χ1n) is 7.53. The van der Waals surface area contributed by atoms with Crippen molar-refractivity contribution in [2.45, 2.75) is 33.4 Å². The van der Waals surface area contributed by atoms with Crippen LogP contribution in [0.15, 0.2) is 24.5 Å². The van der Waals surface area contributed by atoms with E-state index in [0.717, 1.165) is 32.7 Å².